The second-order valence-corrected chi connectivity index (χ2v) is 6.97. The van der Waals surface area contributed by atoms with Crippen LogP contribution in [0.2, 0.25) is 0 Å². The molecule has 1 saturated heterocycles. The number of benzene rings is 2. The highest BCUT2D eigenvalue weighted by molar-refractivity contribution is 5.91. The lowest BCUT2D eigenvalue weighted by atomic mass is 10.1. The highest BCUT2D eigenvalue weighted by Gasteiger charge is 2.16. The molecule has 1 fully saturated rings. The molecule has 1 amide bonds. The molecule has 0 aliphatic carbocycles. The molecule has 148 valence electrons. The largest absolute Gasteiger partial charge is 0.486 e. The summed E-state index contributed by atoms with van der Waals surface area (Å²) in [6.07, 6.45) is 2.18. The Hall–Kier alpha value is -2.50. The van der Waals surface area contributed by atoms with E-state index in [1.807, 2.05) is 30.3 Å². The predicted octanol–water partition coefficient (Wildman–Crippen LogP) is 4.16. The summed E-state index contributed by atoms with van der Waals surface area (Å²) >= 11 is 0. The fraction of sp³-hybridized carbons (Fsp3) is 0.318. The fourth-order valence-corrected chi connectivity index (χ4v) is 3.43. The molecule has 1 unspecified atom stereocenters. The molecule has 4 rings (SSSR count). The van der Waals surface area contributed by atoms with Crippen molar-refractivity contribution in [3.8, 4) is 5.75 Å². The van der Waals surface area contributed by atoms with E-state index in [0.717, 1.165) is 30.6 Å². The monoisotopic (exact) mass is 400 g/mol. The SMILES string of the molecule is Cl.O=C(NCCC1CCNC1)c1ccc(COc2ccc3ccccc3c2)o1. The number of rotatable bonds is 7. The van der Waals surface area contributed by atoms with Crippen LogP contribution < -0.4 is 15.4 Å². The van der Waals surface area contributed by atoms with Gasteiger partial charge in [0.1, 0.15) is 18.1 Å². The summed E-state index contributed by atoms with van der Waals surface area (Å²) in [5.74, 6) is 2.23. The average molecular weight is 401 g/mol. The number of carbonyl (C=O) groups excluding carboxylic acids is 1. The Morgan fingerprint density at radius 2 is 2.00 bits per heavy atom. The van der Waals surface area contributed by atoms with Crippen molar-refractivity contribution in [3.63, 3.8) is 0 Å². The van der Waals surface area contributed by atoms with Gasteiger partial charge in [0.2, 0.25) is 0 Å². The van der Waals surface area contributed by atoms with Gasteiger partial charge in [-0.3, -0.25) is 4.79 Å². The molecule has 1 aliphatic heterocycles. The van der Waals surface area contributed by atoms with Crippen LogP contribution in [0.3, 0.4) is 0 Å². The molecule has 0 saturated carbocycles. The lowest BCUT2D eigenvalue weighted by molar-refractivity contribution is 0.0920. The summed E-state index contributed by atoms with van der Waals surface area (Å²) in [7, 11) is 0. The van der Waals surface area contributed by atoms with Crippen LogP contribution in [-0.4, -0.2) is 25.5 Å². The van der Waals surface area contributed by atoms with Crippen molar-refractivity contribution in [1.29, 1.82) is 0 Å². The number of halogens is 1. The number of nitrogens with one attached hydrogen (secondary N) is 2. The minimum Gasteiger partial charge on any atom is -0.486 e. The maximum Gasteiger partial charge on any atom is 0.286 e. The summed E-state index contributed by atoms with van der Waals surface area (Å²) < 4.78 is 11.4. The van der Waals surface area contributed by atoms with Crippen LogP contribution in [0.5, 0.6) is 5.75 Å². The molecule has 0 radical (unpaired) electrons. The summed E-state index contributed by atoms with van der Waals surface area (Å²) in [6.45, 7) is 3.10. The molecule has 28 heavy (non-hydrogen) atoms. The predicted molar refractivity (Wildman–Crippen MR) is 112 cm³/mol. The van der Waals surface area contributed by atoms with E-state index in [2.05, 4.69) is 22.8 Å². The van der Waals surface area contributed by atoms with Crippen LogP contribution in [0, 0.1) is 5.92 Å². The molecule has 6 heteroatoms. The third kappa shape index (κ3) is 5.06. The highest BCUT2D eigenvalue weighted by atomic mass is 35.5. The quantitative estimate of drug-likeness (QED) is 0.625. The van der Waals surface area contributed by atoms with Crippen LogP contribution in [0.25, 0.3) is 10.8 Å². The highest BCUT2D eigenvalue weighted by Crippen LogP contribution is 2.21. The Balaban J connectivity index is 0.00000225. The molecule has 2 N–H and O–H groups in total. The third-order valence-corrected chi connectivity index (χ3v) is 4.99. The van der Waals surface area contributed by atoms with Crippen molar-refractivity contribution < 1.29 is 13.9 Å². The molecule has 5 nitrogen and oxygen atoms in total. The van der Waals surface area contributed by atoms with Gasteiger partial charge in [-0.25, -0.2) is 0 Å². The van der Waals surface area contributed by atoms with Gasteiger partial charge in [0, 0.05) is 6.54 Å². The molecular formula is C22H25ClN2O3. The summed E-state index contributed by atoms with van der Waals surface area (Å²) in [5, 5.41) is 8.58. The Kier molecular flexibility index (Phi) is 6.95. The van der Waals surface area contributed by atoms with Crippen molar-refractivity contribution in [1.82, 2.24) is 10.6 Å². The number of carbonyl (C=O) groups is 1. The maximum absolute atomic E-state index is 12.2. The van der Waals surface area contributed by atoms with Gasteiger partial charge in [-0.15, -0.1) is 12.4 Å². The van der Waals surface area contributed by atoms with Crippen molar-refractivity contribution >= 4 is 29.1 Å². The van der Waals surface area contributed by atoms with Gasteiger partial charge >= 0.3 is 0 Å². The molecule has 0 bridgehead atoms. The van der Waals surface area contributed by atoms with E-state index in [0.29, 0.717) is 30.6 Å². The summed E-state index contributed by atoms with van der Waals surface area (Å²) in [5.41, 5.74) is 0. The van der Waals surface area contributed by atoms with Gasteiger partial charge in [-0.05, 0) is 66.9 Å². The average Bonchev–Trinajstić information content (AvgIpc) is 3.38. The second kappa shape index (κ2) is 9.62. The van der Waals surface area contributed by atoms with Gasteiger partial charge in [0.05, 0.1) is 0 Å². The maximum atomic E-state index is 12.2. The van der Waals surface area contributed by atoms with Gasteiger partial charge in [-0.2, -0.15) is 0 Å². The van der Waals surface area contributed by atoms with E-state index in [-0.39, 0.29) is 18.3 Å². The number of amides is 1. The standard InChI is InChI=1S/C22H24N2O3.ClH/c25-22(24-12-10-16-9-11-23-14-16)21-8-7-20(27-21)15-26-19-6-5-17-3-1-2-4-18(17)13-19;/h1-8,13,16,23H,9-12,14-15H2,(H,24,25);1H. The molecule has 3 aromatic rings. The first-order valence-corrected chi connectivity index (χ1v) is 9.47. The first-order chi connectivity index (χ1) is 13.3. The zero-order chi connectivity index (χ0) is 18.5. The van der Waals surface area contributed by atoms with E-state index < -0.39 is 0 Å². The topological polar surface area (TPSA) is 63.5 Å². The lowest BCUT2D eigenvalue weighted by Crippen LogP contribution is -2.26. The Morgan fingerprint density at radius 1 is 1.14 bits per heavy atom. The fourth-order valence-electron chi connectivity index (χ4n) is 3.43. The van der Waals surface area contributed by atoms with Gasteiger partial charge < -0.3 is 19.8 Å². The molecular weight excluding hydrogens is 376 g/mol. The normalized spacial score (nSPS) is 15.9. The van der Waals surface area contributed by atoms with Crippen LogP contribution in [0.1, 0.15) is 29.2 Å². The van der Waals surface area contributed by atoms with E-state index in [4.69, 9.17) is 9.15 Å². The Morgan fingerprint density at radius 3 is 2.82 bits per heavy atom. The van der Waals surface area contributed by atoms with E-state index in [1.165, 1.54) is 11.8 Å². The first kappa shape index (κ1) is 20.2. The lowest BCUT2D eigenvalue weighted by Gasteiger charge is -2.08. The number of hydrogen-bond acceptors (Lipinski definition) is 4. The number of fused-ring (bicyclic) bond motifs is 1. The van der Waals surface area contributed by atoms with Crippen molar-refractivity contribution in [2.24, 2.45) is 5.92 Å². The number of hydrogen-bond donors (Lipinski definition) is 2. The van der Waals surface area contributed by atoms with Gasteiger partial charge in [0.25, 0.3) is 5.91 Å². The molecule has 1 atom stereocenters. The van der Waals surface area contributed by atoms with Crippen LogP contribution in [0.15, 0.2) is 59.0 Å². The van der Waals surface area contributed by atoms with Crippen molar-refractivity contribution in [2.75, 3.05) is 19.6 Å². The van der Waals surface area contributed by atoms with Crippen molar-refractivity contribution in [2.45, 2.75) is 19.4 Å². The minimum atomic E-state index is -0.169. The van der Waals surface area contributed by atoms with Crippen LogP contribution >= 0.6 is 12.4 Å². The number of furan rings is 1. The zero-order valence-corrected chi connectivity index (χ0v) is 16.5. The van der Waals surface area contributed by atoms with Gasteiger partial charge in [0.15, 0.2) is 5.76 Å². The number of ether oxygens (including phenoxy) is 1. The molecule has 1 aromatic heterocycles. The van der Waals surface area contributed by atoms with Gasteiger partial charge in [-0.1, -0.05) is 30.3 Å². The molecule has 2 aromatic carbocycles. The third-order valence-electron chi connectivity index (χ3n) is 4.99. The molecule has 0 spiro atoms. The van der Waals surface area contributed by atoms with E-state index in [9.17, 15) is 4.79 Å². The Labute approximate surface area is 170 Å². The smallest absolute Gasteiger partial charge is 0.286 e. The van der Waals surface area contributed by atoms with E-state index in [1.54, 1.807) is 12.1 Å². The zero-order valence-electron chi connectivity index (χ0n) is 15.6. The van der Waals surface area contributed by atoms with Crippen LogP contribution in [0.4, 0.5) is 0 Å². The minimum absolute atomic E-state index is 0. The first-order valence-electron chi connectivity index (χ1n) is 9.47. The molecule has 2 heterocycles. The summed E-state index contributed by atoms with van der Waals surface area (Å²) in [4.78, 5) is 12.2. The Bertz CT molecular complexity index is 919. The molecule has 1 aliphatic rings. The summed E-state index contributed by atoms with van der Waals surface area (Å²) in [6, 6.07) is 17.6. The van der Waals surface area contributed by atoms with Crippen LogP contribution in [-0.2, 0) is 6.61 Å². The second-order valence-electron chi connectivity index (χ2n) is 6.97. The van der Waals surface area contributed by atoms with Crippen molar-refractivity contribution in [3.05, 3.63) is 66.1 Å². The van der Waals surface area contributed by atoms with E-state index >= 15 is 0 Å².